The molecule has 0 spiro atoms. The highest BCUT2D eigenvalue weighted by Crippen LogP contribution is 2.38. The van der Waals surface area contributed by atoms with Crippen LogP contribution in [0, 0.1) is 0 Å². The summed E-state index contributed by atoms with van der Waals surface area (Å²) in [5, 5.41) is 3.77. The van der Waals surface area contributed by atoms with Crippen LogP contribution in [0.15, 0.2) is 77.4 Å². The van der Waals surface area contributed by atoms with Crippen molar-refractivity contribution in [2.24, 2.45) is 0 Å². The van der Waals surface area contributed by atoms with Crippen LogP contribution in [0.2, 0.25) is 0 Å². The Morgan fingerprint density at radius 1 is 1.06 bits per heavy atom. The van der Waals surface area contributed by atoms with Gasteiger partial charge in [0.2, 0.25) is 5.91 Å². The molecular weight excluding hydrogens is 474 g/mol. The van der Waals surface area contributed by atoms with Gasteiger partial charge in [-0.2, -0.15) is 0 Å². The minimum atomic E-state index is -3.13. The lowest BCUT2D eigenvalue weighted by Gasteiger charge is -2.28. The van der Waals surface area contributed by atoms with E-state index in [0.717, 1.165) is 32.1 Å². The van der Waals surface area contributed by atoms with Crippen LogP contribution in [0.4, 0.5) is 5.69 Å². The second-order valence-electron chi connectivity index (χ2n) is 7.82. The Kier molecular flexibility index (Phi) is 6.18. The Balaban J connectivity index is 1.43. The number of hydrogen-bond acceptors (Lipinski definition) is 7. The molecule has 4 aromatic rings. The van der Waals surface area contributed by atoms with Gasteiger partial charge in [0.05, 0.1) is 28.7 Å². The number of sulfone groups is 1. The Labute approximate surface area is 200 Å². The molecule has 1 saturated heterocycles. The monoisotopic (exact) mass is 495 g/mol. The number of thiophene rings is 1. The van der Waals surface area contributed by atoms with Gasteiger partial charge in [-0.1, -0.05) is 60.3 Å². The van der Waals surface area contributed by atoms with Gasteiger partial charge in [0.1, 0.15) is 16.2 Å². The van der Waals surface area contributed by atoms with Crippen molar-refractivity contribution in [3.05, 3.63) is 72.4 Å². The van der Waals surface area contributed by atoms with Crippen molar-refractivity contribution in [1.82, 2.24) is 9.97 Å². The van der Waals surface area contributed by atoms with Gasteiger partial charge in [-0.3, -0.25) is 4.79 Å². The van der Waals surface area contributed by atoms with Crippen LogP contribution < -0.4 is 4.90 Å². The van der Waals surface area contributed by atoms with E-state index in [9.17, 15) is 13.2 Å². The molecule has 2 aromatic carbocycles. The second-order valence-corrected chi connectivity index (χ2v) is 11.9. The van der Waals surface area contributed by atoms with Crippen LogP contribution in [0.3, 0.4) is 0 Å². The third-order valence-corrected chi connectivity index (χ3v) is 9.24. The summed E-state index contributed by atoms with van der Waals surface area (Å²) >= 11 is 2.92. The van der Waals surface area contributed by atoms with E-state index in [1.165, 1.54) is 18.1 Å². The molecule has 1 fully saturated rings. The summed E-state index contributed by atoms with van der Waals surface area (Å²) in [6.45, 7) is 0. The highest BCUT2D eigenvalue weighted by Gasteiger charge is 2.35. The number of aromatic nitrogens is 2. The van der Waals surface area contributed by atoms with Crippen molar-refractivity contribution in [3.63, 3.8) is 0 Å². The van der Waals surface area contributed by atoms with E-state index >= 15 is 0 Å². The lowest BCUT2D eigenvalue weighted by Crippen LogP contribution is -2.42. The number of nitrogens with zero attached hydrogens (tertiary/aromatic N) is 3. The van der Waals surface area contributed by atoms with E-state index in [1.807, 2.05) is 60.7 Å². The second kappa shape index (κ2) is 9.24. The molecule has 3 heterocycles. The number of fused-ring (bicyclic) bond motifs is 1. The molecule has 1 unspecified atom stereocenters. The summed E-state index contributed by atoms with van der Waals surface area (Å²) in [7, 11) is -3.13. The van der Waals surface area contributed by atoms with E-state index in [0.29, 0.717) is 6.42 Å². The fraction of sp³-hybridized carbons (Fsp3) is 0.208. The number of anilines is 1. The summed E-state index contributed by atoms with van der Waals surface area (Å²) < 4.78 is 24.2. The van der Waals surface area contributed by atoms with Crippen molar-refractivity contribution in [2.75, 3.05) is 22.2 Å². The maximum absolute atomic E-state index is 13.4. The molecule has 6 nitrogen and oxygen atoms in total. The van der Waals surface area contributed by atoms with E-state index in [4.69, 9.17) is 0 Å². The Hall–Kier alpha value is -2.75. The smallest absolute Gasteiger partial charge is 0.237 e. The van der Waals surface area contributed by atoms with Crippen LogP contribution in [-0.2, 0) is 14.6 Å². The Morgan fingerprint density at radius 2 is 1.79 bits per heavy atom. The SMILES string of the molecule is O=C(CSc1ncnc2scc(-c3ccccc3)c12)N(c1ccccc1)C1CCS(=O)(=O)C1. The standard InChI is InChI=1S/C24H21N3O3S3/c28-21(27(18-9-5-2-6-10-18)19-11-12-33(29,30)15-19)14-32-24-22-20(17-7-3-1-4-8-17)13-31-23(22)25-16-26-24/h1-10,13,16,19H,11-12,14-15H2. The molecule has 0 N–H and O–H groups in total. The van der Waals surface area contributed by atoms with Gasteiger partial charge in [-0.25, -0.2) is 18.4 Å². The highest BCUT2D eigenvalue weighted by molar-refractivity contribution is 8.00. The maximum atomic E-state index is 13.4. The largest absolute Gasteiger partial charge is 0.308 e. The molecule has 0 aliphatic carbocycles. The van der Waals surface area contributed by atoms with Crippen LogP contribution in [0.1, 0.15) is 6.42 Å². The lowest BCUT2D eigenvalue weighted by molar-refractivity contribution is -0.116. The van der Waals surface area contributed by atoms with Gasteiger partial charge in [0.15, 0.2) is 9.84 Å². The Morgan fingerprint density at radius 3 is 2.48 bits per heavy atom. The number of benzene rings is 2. The minimum absolute atomic E-state index is 0.00125. The average Bonchev–Trinajstić information content (AvgIpc) is 3.42. The summed E-state index contributed by atoms with van der Waals surface area (Å²) in [6, 6.07) is 19.0. The molecular formula is C24H21N3O3S3. The first-order valence-corrected chi connectivity index (χ1v) is 14.2. The summed E-state index contributed by atoms with van der Waals surface area (Å²) in [5.41, 5.74) is 2.85. The molecule has 0 saturated carbocycles. The quantitative estimate of drug-likeness (QED) is 0.286. The zero-order valence-electron chi connectivity index (χ0n) is 17.6. The molecule has 0 bridgehead atoms. The van der Waals surface area contributed by atoms with Gasteiger partial charge in [-0.05, 0) is 24.1 Å². The number of amides is 1. The third-order valence-electron chi connectivity index (χ3n) is 5.63. The zero-order chi connectivity index (χ0) is 22.8. The van der Waals surface area contributed by atoms with Crippen LogP contribution in [-0.4, -0.2) is 47.6 Å². The molecule has 2 aromatic heterocycles. The molecule has 0 radical (unpaired) electrons. The number of carbonyl (C=O) groups excluding carboxylic acids is 1. The summed E-state index contributed by atoms with van der Waals surface area (Å²) in [4.78, 5) is 24.8. The maximum Gasteiger partial charge on any atom is 0.237 e. The van der Waals surface area contributed by atoms with Crippen molar-refractivity contribution in [1.29, 1.82) is 0 Å². The predicted octanol–water partition coefficient (Wildman–Crippen LogP) is 4.67. The molecule has 168 valence electrons. The molecule has 1 aliphatic rings. The van der Waals surface area contributed by atoms with Crippen molar-refractivity contribution < 1.29 is 13.2 Å². The van der Waals surface area contributed by atoms with E-state index in [1.54, 1.807) is 16.2 Å². The molecule has 5 rings (SSSR count). The number of rotatable bonds is 6. The van der Waals surface area contributed by atoms with Gasteiger partial charge < -0.3 is 4.90 Å². The number of carbonyl (C=O) groups is 1. The Bertz CT molecular complexity index is 1390. The normalized spacial score (nSPS) is 17.3. The van der Waals surface area contributed by atoms with Crippen LogP contribution in [0.25, 0.3) is 21.3 Å². The predicted molar refractivity (Wildman–Crippen MR) is 135 cm³/mol. The van der Waals surface area contributed by atoms with E-state index in [-0.39, 0.29) is 29.2 Å². The fourth-order valence-electron chi connectivity index (χ4n) is 4.11. The number of para-hydroxylation sites is 1. The highest BCUT2D eigenvalue weighted by atomic mass is 32.2. The lowest BCUT2D eigenvalue weighted by atomic mass is 10.1. The zero-order valence-corrected chi connectivity index (χ0v) is 20.1. The average molecular weight is 496 g/mol. The van der Waals surface area contributed by atoms with Gasteiger partial charge in [-0.15, -0.1) is 11.3 Å². The minimum Gasteiger partial charge on any atom is -0.308 e. The summed E-state index contributed by atoms with van der Waals surface area (Å²) in [5.74, 6) is 0.139. The van der Waals surface area contributed by atoms with E-state index in [2.05, 4.69) is 15.3 Å². The molecule has 33 heavy (non-hydrogen) atoms. The first kappa shape index (κ1) is 22.1. The van der Waals surface area contributed by atoms with E-state index < -0.39 is 9.84 Å². The van der Waals surface area contributed by atoms with Crippen molar-refractivity contribution in [3.8, 4) is 11.1 Å². The van der Waals surface area contributed by atoms with Crippen LogP contribution >= 0.6 is 23.1 Å². The topological polar surface area (TPSA) is 80.2 Å². The van der Waals surface area contributed by atoms with Crippen molar-refractivity contribution >= 4 is 54.7 Å². The summed E-state index contributed by atoms with van der Waals surface area (Å²) in [6.07, 6.45) is 1.98. The first-order valence-electron chi connectivity index (χ1n) is 10.5. The fourth-order valence-corrected chi connectivity index (χ4v) is 7.67. The molecule has 1 amide bonds. The third kappa shape index (κ3) is 4.66. The van der Waals surface area contributed by atoms with Crippen molar-refractivity contribution in [2.45, 2.75) is 17.5 Å². The van der Waals surface area contributed by atoms with Crippen LogP contribution in [0.5, 0.6) is 0 Å². The molecule has 1 atom stereocenters. The molecule has 9 heteroatoms. The molecule has 1 aliphatic heterocycles. The van der Waals surface area contributed by atoms with Gasteiger partial charge >= 0.3 is 0 Å². The number of thioether (sulfide) groups is 1. The van der Waals surface area contributed by atoms with Gasteiger partial charge in [0, 0.05) is 16.6 Å². The first-order chi connectivity index (χ1) is 16.0. The number of hydrogen-bond donors (Lipinski definition) is 0. The van der Waals surface area contributed by atoms with Gasteiger partial charge in [0.25, 0.3) is 0 Å².